The summed E-state index contributed by atoms with van der Waals surface area (Å²) in [6, 6.07) is 7.04. The first-order valence-corrected chi connectivity index (χ1v) is 8.28. The molecule has 1 N–H and O–H groups in total. The van der Waals surface area contributed by atoms with Crippen LogP contribution >= 0.6 is 0 Å². The van der Waals surface area contributed by atoms with E-state index < -0.39 is 10.0 Å². The lowest BCUT2D eigenvalue weighted by molar-refractivity contribution is 0.269. The van der Waals surface area contributed by atoms with E-state index in [0.29, 0.717) is 16.5 Å². The summed E-state index contributed by atoms with van der Waals surface area (Å²) in [6.07, 6.45) is 0. The molecule has 0 aliphatic heterocycles. The molecule has 0 atom stereocenters. The number of benzene rings is 1. The summed E-state index contributed by atoms with van der Waals surface area (Å²) in [5.74, 6) is 0.507. The van der Waals surface area contributed by atoms with Crippen molar-refractivity contribution in [2.75, 3.05) is 26.0 Å². The minimum Gasteiger partial charge on any atom is -0.383 e. The predicted octanol–water partition coefficient (Wildman–Crippen LogP) is 3.03. The van der Waals surface area contributed by atoms with Gasteiger partial charge in [0, 0.05) is 20.6 Å². The molecule has 1 rings (SSSR count). The van der Waals surface area contributed by atoms with Crippen molar-refractivity contribution in [1.29, 1.82) is 0 Å². The summed E-state index contributed by atoms with van der Waals surface area (Å²) in [4.78, 5) is 0.324. The van der Waals surface area contributed by atoms with E-state index in [1.54, 1.807) is 26.2 Å². The van der Waals surface area contributed by atoms with E-state index in [2.05, 4.69) is 33.0 Å². The monoisotopic (exact) mass is 298 g/mol. The molecule has 0 aliphatic carbocycles. The van der Waals surface area contributed by atoms with Crippen molar-refractivity contribution in [3.8, 4) is 0 Å². The highest BCUT2D eigenvalue weighted by Crippen LogP contribution is 2.29. The SMILES string of the molecule is CC(C)C(C)(C)CNc1ccccc1S(=O)(=O)N(C)C. The summed E-state index contributed by atoms with van der Waals surface area (Å²) in [5.41, 5.74) is 0.754. The molecule has 0 fully saturated rings. The van der Waals surface area contributed by atoms with Gasteiger partial charge in [-0.15, -0.1) is 0 Å². The second-order valence-corrected chi connectivity index (χ2v) is 8.40. The Kier molecular flexibility index (Phi) is 5.21. The number of para-hydroxylation sites is 1. The highest BCUT2D eigenvalue weighted by Gasteiger charge is 2.24. The molecule has 0 saturated carbocycles. The third-order valence-electron chi connectivity index (χ3n) is 3.94. The van der Waals surface area contributed by atoms with Crippen LogP contribution in [0.4, 0.5) is 5.69 Å². The molecule has 0 radical (unpaired) electrons. The van der Waals surface area contributed by atoms with E-state index in [4.69, 9.17) is 0 Å². The van der Waals surface area contributed by atoms with E-state index >= 15 is 0 Å². The molecule has 0 saturated heterocycles. The average Bonchev–Trinajstić information content (AvgIpc) is 2.36. The van der Waals surface area contributed by atoms with Crippen molar-refractivity contribution in [2.24, 2.45) is 11.3 Å². The van der Waals surface area contributed by atoms with E-state index in [9.17, 15) is 8.42 Å². The third-order valence-corrected chi connectivity index (χ3v) is 5.82. The Morgan fingerprint density at radius 2 is 1.75 bits per heavy atom. The van der Waals surface area contributed by atoms with Gasteiger partial charge in [-0.25, -0.2) is 12.7 Å². The van der Waals surface area contributed by atoms with Gasteiger partial charge in [0.1, 0.15) is 4.90 Å². The third kappa shape index (κ3) is 3.73. The standard InChI is InChI=1S/C15H26N2O2S/c1-12(2)15(3,4)11-16-13-9-7-8-10-14(13)20(18,19)17(5)6/h7-10,12,16H,11H2,1-6H3. The van der Waals surface area contributed by atoms with Crippen LogP contribution in [0.3, 0.4) is 0 Å². The maximum atomic E-state index is 12.3. The van der Waals surface area contributed by atoms with Crippen LogP contribution in [-0.2, 0) is 10.0 Å². The van der Waals surface area contributed by atoms with Gasteiger partial charge in [-0.2, -0.15) is 0 Å². The van der Waals surface area contributed by atoms with Crippen LogP contribution in [0.25, 0.3) is 0 Å². The summed E-state index contributed by atoms with van der Waals surface area (Å²) in [6.45, 7) is 9.42. The van der Waals surface area contributed by atoms with Gasteiger partial charge in [0.2, 0.25) is 10.0 Å². The first-order valence-electron chi connectivity index (χ1n) is 6.84. The Balaban J connectivity index is 3.05. The lowest BCUT2D eigenvalue weighted by Crippen LogP contribution is -2.29. The molecule has 5 heteroatoms. The second kappa shape index (κ2) is 6.14. The van der Waals surface area contributed by atoms with Crippen molar-refractivity contribution in [2.45, 2.75) is 32.6 Å². The zero-order valence-electron chi connectivity index (χ0n) is 13.3. The number of nitrogens with one attached hydrogen (secondary N) is 1. The average molecular weight is 298 g/mol. The molecule has 1 aromatic rings. The number of anilines is 1. The van der Waals surface area contributed by atoms with Crippen LogP contribution in [-0.4, -0.2) is 33.4 Å². The maximum Gasteiger partial charge on any atom is 0.244 e. The molecule has 1 aromatic carbocycles. The lowest BCUT2D eigenvalue weighted by atomic mass is 9.81. The Morgan fingerprint density at radius 1 is 1.20 bits per heavy atom. The van der Waals surface area contributed by atoms with Gasteiger partial charge < -0.3 is 5.32 Å². The van der Waals surface area contributed by atoms with Crippen molar-refractivity contribution < 1.29 is 8.42 Å². The van der Waals surface area contributed by atoms with E-state index in [-0.39, 0.29) is 5.41 Å². The Bertz CT molecular complexity index is 549. The highest BCUT2D eigenvalue weighted by molar-refractivity contribution is 7.89. The van der Waals surface area contributed by atoms with Gasteiger partial charge in [-0.3, -0.25) is 0 Å². The first kappa shape index (κ1) is 17.0. The fraction of sp³-hybridized carbons (Fsp3) is 0.600. The Labute approximate surface area is 123 Å². The largest absolute Gasteiger partial charge is 0.383 e. The van der Waals surface area contributed by atoms with Gasteiger partial charge in [0.05, 0.1) is 5.69 Å². The van der Waals surface area contributed by atoms with Crippen molar-refractivity contribution in [3.63, 3.8) is 0 Å². The van der Waals surface area contributed by atoms with Crippen LogP contribution in [0.2, 0.25) is 0 Å². The Morgan fingerprint density at radius 3 is 2.25 bits per heavy atom. The topological polar surface area (TPSA) is 49.4 Å². The van der Waals surface area contributed by atoms with E-state index in [0.717, 1.165) is 6.54 Å². The van der Waals surface area contributed by atoms with Crippen LogP contribution < -0.4 is 5.32 Å². The molecule has 0 bridgehead atoms. The number of rotatable bonds is 6. The molecule has 0 heterocycles. The zero-order chi connectivity index (χ0) is 15.6. The van der Waals surface area contributed by atoms with Crippen LogP contribution in [0.1, 0.15) is 27.7 Å². The van der Waals surface area contributed by atoms with Crippen LogP contribution in [0.5, 0.6) is 0 Å². The van der Waals surface area contributed by atoms with Gasteiger partial charge in [0.25, 0.3) is 0 Å². The number of hydrogen-bond acceptors (Lipinski definition) is 3. The molecule has 0 spiro atoms. The molecular formula is C15H26N2O2S. The number of nitrogens with zero attached hydrogens (tertiary/aromatic N) is 1. The summed E-state index contributed by atoms with van der Waals surface area (Å²) < 4.78 is 25.8. The molecule has 0 amide bonds. The quantitative estimate of drug-likeness (QED) is 0.878. The van der Waals surface area contributed by atoms with Crippen LogP contribution in [0.15, 0.2) is 29.2 Å². The molecule has 0 aliphatic rings. The smallest absolute Gasteiger partial charge is 0.244 e. The summed E-state index contributed by atoms with van der Waals surface area (Å²) >= 11 is 0. The number of sulfonamides is 1. The van der Waals surface area contributed by atoms with Crippen LogP contribution in [0, 0.1) is 11.3 Å². The fourth-order valence-electron chi connectivity index (χ4n) is 1.56. The van der Waals surface area contributed by atoms with E-state index in [1.165, 1.54) is 4.31 Å². The maximum absolute atomic E-state index is 12.3. The predicted molar refractivity (Wildman–Crippen MR) is 84.4 cm³/mol. The molecular weight excluding hydrogens is 272 g/mol. The van der Waals surface area contributed by atoms with Gasteiger partial charge in [-0.1, -0.05) is 39.8 Å². The highest BCUT2D eigenvalue weighted by atomic mass is 32.2. The van der Waals surface area contributed by atoms with E-state index in [1.807, 2.05) is 12.1 Å². The van der Waals surface area contributed by atoms with Gasteiger partial charge in [0.15, 0.2) is 0 Å². The zero-order valence-corrected chi connectivity index (χ0v) is 14.1. The number of hydrogen-bond donors (Lipinski definition) is 1. The van der Waals surface area contributed by atoms with Crippen molar-refractivity contribution >= 4 is 15.7 Å². The normalized spacial score (nSPS) is 13.0. The molecule has 0 unspecified atom stereocenters. The lowest BCUT2D eigenvalue weighted by Gasteiger charge is -2.30. The second-order valence-electron chi connectivity index (χ2n) is 6.28. The fourth-order valence-corrected chi connectivity index (χ4v) is 2.62. The minimum atomic E-state index is -3.42. The van der Waals surface area contributed by atoms with Crippen molar-refractivity contribution in [1.82, 2.24) is 4.31 Å². The summed E-state index contributed by atoms with van der Waals surface area (Å²) in [5, 5.41) is 3.29. The molecule has 114 valence electrons. The molecule has 4 nitrogen and oxygen atoms in total. The Hall–Kier alpha value is -1.07. The van der Waals surface area contributed by atoms with Gasteiger partial charge >= 0.3 is 0 Å². The minimum absolute atomic E-state index is 0.0923. The van der Waals surface area contributed by atoms with Gasteiger partial charge in [-0.05, 0) is 23.5 Å². The summed E-state index contributed by atoms with van der Waals surface area (Å²) in [7, 11) is -0.333. The first-order chi connectivity index (χ1) is 9.09. The van der Waals surface area contributed by atoms with Crippen molar-refractivity contribution in [3.05, 3.63) is 24.3 Å². The molecule has 20 heavy (non-hydrogen) atoms. The molecule has 0 aromatic heterocycles.